The van der Waals surface area contributed by atoms with E-state index in [0.29, 0.717) is 36.4 Å². The number of benzene rings is 2. The second kappa shape index (κ2) is 10.7. The monoisotopic (exact) mass is 418 g/mol. The first-order valence-electron chi connectivity index (χ1n) is 9.22. The molecule has 1 heterocycles. The van der Waals surface area contributed by atoms with Crippen LogP contribution < -0.4 is 0 Å². The molecule has 0 atom stereocenters. The number of carboxylic acid groups (broad SMARTS) is 1. The zero-order valence-electron chi connectivity index (χ0n) is 16.2. The van der Waals surface area contributed by atoms with Crippen molar-refractivity contribution in [3.8, 4) is 0 Å². The summed E-state index contributed by atoms with van der Waals surface area (Å²) in [6.45, 7) is 3.95. The number of carbonyl (C=O) groups is 1. The van der Waals surface area contributed by atoms with Crippen LogP contribution in [0.15, 0.2) is 65.3 Å². The Morgan fingerprint density at radius 3 is 2.55 bits per heavy atom. The van der Waals surface area contributed by atoms with Crippen LogP contribution in [-0.4, -0.2) is 47.9 Å². The van der Waals surface area contributed by atoms with Crippen molar-refractivity contribution in [2.45, 2.75) is 13.3 Å². The molecule has 0 radical (unpaired) electrons. The van der Waals surface area contributed by atoms with E-state index in [0.717, 1.165) is 17.7 Å². The highest BCUT2D eigenvalue weighted by atomic mass is 35.5. The number of oxime groups is 1. The molecule has 0 aromatic heterocycles. The van der Waals surface area contributed by atoms with Gasteiger partial charge in [-0.15, -0.1) is 12.4 Å². The summed E-state index contributed by atoms with van der Waals surface area (Å²) >= 11 is 0. The van der Waals surface area contributed by atoms with Crippen LogP contribution in [0.1, 0.15) is 23.1 Å². The number of nitrogens with zero attached hydrogens (tertiary/aromatic N) is 2. The largest absolute Gasteiger partial charge is 0.478 e. The van der Waals surface area contributed by atoms with Gasteiger partial charge in [-0.2, -0.15) is 0 Å². The summed E-state index contributed by atoms with van der Waals surface area (Å²) in [6, 6.07) is 14.1. The quantitative estimate of drug-likeness (QED) is 0.418. The summed E-state index contributed by atoms with van der Waals surface area (Å²) in [6.07, 6.45) is 2.46. The van der Waals surface area contributed by atoms with Gasteiger partial charge in [0, 0.05) is 36.3 Å². The molecule has 0 amide bonds. The second-order valence-electron chi connectivity index (χ2n) is 6.67. The maximum absolute atomic E-state index is 14.4. The number of aryl methyl sites for hydroxylation is 1. The molecule has 5 nitrogen and oxygen atoms in total. The Labute approximate surface area is 175 Å². The van der Waals surface area contributed by atoms with Gasteiger partial charge in [0.05, 0.1) is 0 Å². The van der Waals surface area contributed by atoms with Crippen LogP contribution in [0.3, 0.4) is 0 Å². The lowest BCUT2D eigenvalue weighted by molar-refractivity contribution is -0.133. The lowest BCUT2D eigenvalue weighted by Gasteiger charge is -2.24. The Balaban J connectivity index is 0.00000300. The van der Waals surface area contributed by atoms with E-state index in [9.17, 15) is 9.18 Å². The third-order valence-corrected chi connectivity index (χ3v) is 4.69. The average molecular weight is 419 g/mol. The number of aliphatic carboxylic acids is 1. The summed E-state index contributed by atoms with van der Waals surface area (Å²) in [5.74, 6) is -1.24. The molecule has 1 aliphatic rings. The van der Waals surface area contributed by atoms with Gasteiger partial charge in [-0.3, -0.25) is 4.90 Å². The molecule has 0 aliphatic carbocycles. The van der Waals surface area contributed by atoms with Gasteiger partial charge < -0.3 is 9.94 Å². The van der Waals surface area contributed by atoms with Gasteiger partial charge in [-0.25, -0.2) is 9.18 Å². The first kappa shape index (κ1) is 22.6. The van der Waals surface area contributed by atoms with Gasteiger partial charge in [0.1, 0.15) is 18.1 Å². The van der Waals surface area contributed by atoms with Gasteiger partial charge >= 0.3 is 5.97 Å². The van der Waals surface area contributed by atoms with Crippen LogP contribution in [0.5, 0.6) is 0 Å². The average Bonchev–Trinajstić information content (AvgIpc) is 2.70. The highest BCUT2D eigenvalue weighted by Crippen LogP contribution is 2.18. The zero-order valence-corrected chi connectivity index (χ0v) is 17.0. The molecular weight excluding hydrogens is 395 g/mol. The standard InChI is InChI=1S/C22H23FN2O3.ClH/c1-16-7-2-3-9-18(16)21(19-10-4-5-11-20(19)23)24-28-14-13-25-12-6-8-17(15-25)22(26)27;/h2-5,7-11H,6,12-15H2,1H3,(H,26,27);1H. The molecule has 0 spiro atoms. The molecule has 2 aromatic rings. The lowest BCUT2D eigenvalue weighted by Crippen LogP contribution is -2.34. The van der Waals surface area contributed by atoms with Crippen LogP contribution in [0, 0.1) is 12.7 Å². The van der Waals surface area contributed by atoms with Crippen molar-refractivity contribution >= 4 is 24.1 Å². The molecule has 7 heteroatoms. The zero-order chi connectivity index (χ0) is 19.9. The van der Waals surface area contributed by atoms with Crippen molar-refractivity contribution in [1.29, 1.82) is 0 Å². The third kappa shape index (κ3) is 5.89. The van der Waals surface area contributed by atoms with Crippen LogP contribution >= 0.6 is 12.4 Å². The fourth-order valence-corrected chi connectivity index (χ4v) is 3.17. The Morgan fingerprint density at radius 1 is 1.17 bits per heavy atom. The fourth-order valence-electron chi connectivity index (χ4n) is 3.17. The second-order valence-corrected chi connectivity index (χ2v) is 6.67. The molecule has 1 N–H and O–H groups in total. The minimum atomic E-state index is -0.884. The van der Waals surface area contributed by atoms with E-state index in [2.05, 4.69) is 5.16 Å². The number of carboxylic acids is 1. The van der Waals surface area contributed by atoms with Crippen molar-refractivity contribution in [2.24, 2.45) is 5.16 Å². The summed E-state index contributed by atoms with van der Waals surface area (Å²) in [4.78, 5) is 18.6. The normalized spacial score (nSPS) is 14.7. The Hall–Kier alpha value is -2.70. The van der Waals surface area contributed by atoms with Crippen molar-refractivity contribution in [3.05, 3.63) is 82.7 Å². The van der Waals surface area contributed by atoms with E-state index in [4.69, 9.17) is 9.94 Å². The molecule has 2 aromatic carbocycles. The van der Waals surface area contributed by atoms with E-state index in [1.54, 1.807) is 24.3 Å². The van der Waals surface area contributed by atoms with Crippen molar-refractivity contribution in [3.63, 3.8) is 0 Å². The number of rotatable bonds is 7. The number of halogens is 2. The van der Waals surface area contributed by atoms with Crippen molar-refractivity contribution < 1.29 is 19.1 Å². The minimum Gasteiger partial charge on any atom is -0.478 e. The smallest absolute Gasteiger partial charge is 0.332 e. The van der Waals surface area contributed by atoms with Gasteiger partial charge in [0.2, 0.25) is 0 Å². The predicted octanol–water partition coefficient (Wildman–Crippen LogP) is 4.04. The Morgan fingerprint density at radius 2 is 1.86 bits per heavy atom. The SMILES string of the molecule is Cc1ccccc1C(=NOCCN1CCC=C(C(=O)O)C1)c1ccccc1F.Cl. The van der Waals surface area contributed by atoms with Crippen LogP contribution in [0.2, 0.25) is 0 Å². The van der Waals surface area contributed by atoms with Gasteiger partial charge in [0.25, 0.3) is 0 Å². The van der Waals surface area contributed by atoms with Gasteiger partial charge in [-0.1, -0.05) is 47.6 Å². The number of hydrogen-bond donors (Lipinski definition) is 1. The Kier molecular flexibility index (Phi) is 8.36. The van der Waals surface area contributed by atoms with E-state index in [1.807, 2.05) is 36.1 Å². The van der Waals surface area contributed by atoms with E-state index >= 15 is 0 Å². The first-order chi connectivity index (χ1) is 13.6. The lowest BCUT2D eigenvalue weighted by atomic mass is 9.98. The molecule has 0 bridgehead atoms. The summed E-state index contributed by atoms with van der Waals surface area (Å²) in [5.41, 5.74) is 3.01. The topological polar surface area (TPSA) is 62.1 Å². The molecule has 0 fully saturated rings. The highest BCUT2D eigenvalue weighted by molar-refractivity contribution is 6.13. The molecule has 1 aliphatic heterocycles. The van der Waals surface area contributed by atoms with E-state index in [1.165, 1.54) is 6.07 Å². The Bertz CT molecular complexity index is 867. The van der Waals surface area contributed by atoms with Gasteiger partial charge in [0.15, 0.2) is 0 Å². The van der Waals surface area contributed by atoms with Crippen molar-refractivity contribution in [1.82, 2.24) is 4.90 Å². The summed E-state index contributed by atoms with van der Waals surface area (Å²) < 4.78 is 14.4. The molecule has 29 heavy (non-hydrogen) atoms. The highest BCUT2D eigenvalue weighted by Gasteiger charge is 2.18. The van der Waals surface area contributed by atoms with Crippen molar-refractivity contribution in [2.75, 3.05) is 26.2 Å². The number of hydrogen-bond acceptors (Lipinski definition) is 4. The molecule has 0 saturated carbocycles. The molecule has 0 unspecified atom stereocenters. The fraction of sp³-hybridized carbons (Fsp3) is 0.273. The minimum absolute atomic E-state index is 0. The molecule has 154 valence electrons. The van der Waals surface area contributed by atoms with Crippen LogP contribution in [0.4, 0.5) is 4.39 Å². The van der Waals surface area contributed by atoms with Crippen LogP contribution in [0.25, 0.3) is 0 Å². The van der Waals surface area contributed by atoms with E-state index < -0.39 is 5.97 Å². The van der Waals surface area contributed by atoms with Gasteiger partial charge in [-0.05, 0) is 31.0 Å². The third-order valence-electron chi connectivity index (χ3n) is 4.69. The molecule has 3 rings (SSSR count). The van der Waals surface area contributed by atoms with E-state index in [-0.39, 0.29) is 24.8 Å². The predicted molar refractivity (Wildman–Crippen MR) is 113 cm³/mol. The first-order valence-corrected chi connectivity index (χ1v) is 9.22. The maximum Gasteiger partial charge on any atom is 0.332 e. The van der Waals surface area contributed by atoms with Crippen LogP contribution in [-0.2, 0) is 9.63 Å². The molecular formula is C22H24ClFN2O3. The summed E-state index contributed by atoms with van der Waals surface area (Å²) in [5, 5.41) is 13.4. The molecule has 0 saturated heterocycles. The maximum atomic E-state index is 14.4. The summed E-state index contributed by atoms with van der Waals surface area (Å²) in [7, 11) is 0.